The van der Waals surface area contributed by atoms with Crippen LogP contribution in [0, 0.1) is 0 Å². The summed E-state index contributed by atoms with van der Waals surface area (Å²) in [7, 11) is 1.60. The molecule has 1 fully saturated rings. The molecule has 0 radical (unpaired) electrons. The fourth-order valence-corrected chi connectivity index (χ4v) is 3.38. The lowest BCUT2D eigenvalue weighted by molar-refractivity contribution is -0.130. The zero-order chi connectivity index (χ0) is 20.4. The second-order valence-corrected chi connectivity index (χ2v) is 6.80. The van der Waals surface area contributed by atoms with Crippen molar-refractivity contribution in [1.82, 2.24) is 19.6 Å². The van der Waals surface area contributed by atoms with E-state index in [1.165, 1.54) is 0 Å². The molecule has 4 rings (SSSR count). The average molecular weight is 394 g/mol. The highest BCUT2D eigenvalue weighted by atomic mass is 16.5. The van der Waals surface area contributed by atoms with Crippen LogP contribution in [-0.4, -0.2) is 64.7 Å². The third-order valence-electron chi connectivity index (χ3n) is 5.03. The second kappa shape index (κ2) is 7.83. The normalized spacial score (nSPS) is 14.1. The van der Waals surface area contributed by atoms with Crippen LogP contribution in [0.5, 0.6) is 5.75 Å². The predicted molar refractivity (Wildman–Crippen MR) is 106 cm³/mol. The van der Waals surface area contributed by atoms with Crippen LogP contribution < -0.4 is 4.74 Å². The SMILES string of the molecule is COc1ccc(-n2nc(-c3ccco3)cc2C(=O)N2CCN(C(C)=O)CC2)cc1. The van der Waals surface area contributed by atoms with Gasteiger partial charge in [-0.05, 0) is 36.4 Å². The van der Waals surface area contributed by atoms with Gasteiger partial charge >= 0.3 is 0 Å². The Kier molecular flexibility index (Phi) is 5.07. The van der Waals surface area contributed by atoms with Crippen LogP contribution in [0.3, 0.4) is 0 Å². The van der Waals surface area contributed by atoms with E-state index in [1.807, 2.05) is 24.3 Å². The van der Waals surface area contributed by atoms with E-state index >= 15 is 0 Å². The molecule has 3 heterocycles. The van der Waals surface area contributed by atoms with Crippen molar-refractivity contribution in [1.29, 1.82) is 0 Å². The van der Waals surface area contributed by atoms with Crippen molar-refractivity contribution in [3.63, 3.8) is 0 Å². The van der Waals surface area contributed by atoms with Gasteiger partial charge in [-0.25, -0.2) is 4.68 Å². The molecule has 0 saturated carbocycles. The molecule has 150 valence electrons. The van der Waals surface area contributed by atoms with Gasteiger partial charge in [0.2, 0.25) is 5.91 Å². The van der Waals surface area contributed by atoms with E-state index in [-0.39, 0.29) is 11.8 Å². The maximum absolute atomic E-state index is 13.3. The van der Waals surface area contributed by atoms with Crippen molar-refractivity contribution in [2.24, 2.45) is 0 Å². The molecule has 1 saturated heterocycles. The topological polar surface area (TPSA) is 80.8 Å². The minimum absolute atomic E-state index is 0.0282. The molecule has 0 bridgehead atoms. The minimum Gasteiger partial charge on any atom is -0.497 e. The van der Waals surface area contributed by atoms with Gasteiger partial charge in [0.15, 0.2) is 5.76 Å². The number of rotatable bonds is 4. The number of benzene rings is 1. The third-order valence-corrected chi connectivity index (χ3v) is 5.03. The summed E-state index contributed by atoms with van der Waals surface area (Å²) in [5, 5.41) is 4.61. The molecule has 1 aromatic carbocycles. The van der Waals surface area contributed by atoms with Gasteiger partial charge in [0.25, 0.3) is 5.91 Å². The van der Waals surface area contributed by atoms with E-state index in [2.05, 4.69) is 5.10 Å². The number of piperazine rings is 1. The molecule has 0 atom stereocenters. The van der Waals surface area contributed by atoms with E-state index < -0.39 is 0 Å². The average Bonchev–Trinajstić information content (AvgIpc) is 3.43. The Balaban J connectivity index is 1.67. The van der Waals surface area contributed by atoms with Crippen LogP contribution in [0.4, 0.5) is 0 Å². The summed E-state index contributed by atoms with van der Waals surface area (Å²) in [5.74, 6) is 1.21. The van der Waals surface area contributed by atoms with Crippen LogP contribution in [-0.2, 0) is 4.79 Å². The number of furan rings is 1. The molecule has 0 unspecified atom stereocenters. The molecular formula is C21H22N4O4. The number of amides is 2. The quantitative estimate of drug-likeness (QED) is 0.679. The highest BCUT2D eigenvalue weighted by Crippen LogP contribution is 2.24. The second-order valence-electron chi connectivity index (χ2n) is 6.80. The Bertz CT molecular complexity index is 1000. The Morgan fingerprint density at radius 2 is 1.72 bits per heavy atom. The maximum Gasteiger partial charge on any atom is 0.272 e. The Morgan fingerprint density at radius 3 is 2.31 bits per heavy atom. The number of carbonyl (C=O) groups excluding carboxylic acids is 2. The smallest absolute Gasteiger partial charge is 0.272 e. The minimum atomic E-state index is -0.130. The van der Waals surface area contributed by atoms with E-state index in [1.54, 1.807) is 53.0 Å². The van der Waals surface area contributed by atoms with E-state index in [0.29, 0.717) is 43.3 Å². The maximum atomic E-state index is 13.3. The van der Waals surface area contributed by atoms with Crippen LogP contribution in [0.2, 0.25) is 0 Å². The summed E-state index contributed by atoms with van der Waals surface area (Å²) in [5.41, 5.74) is 1.77. The lowest BCUT2D eigenvalue weighted by atomic mass is 10.2. The number of aromatic nitrogens is 2. The van der Waals surface area contributed by atoms with Crippen molar-refractivity contribution in [3.8, 4) is 22.9 Å². The van der Waals surface area contributed by atoms with Gasteiger partial charge in [0.1, 0.15) is 17.1 Å². The number of nitrogens with zero attached hydrogens (tertiary/aromatic N) is 4. The lowest BCUT2D eigenvalue weighted by Crippen LogP contribution is -2.50. The molecule has 8 heteroatoms. The lowest BCUT2D eigenvalue weighted by Gasteiger charge is -2.34. The molecule has 29 heavy (non-hydrogen) atoms. The summed E-state index contributed by atoms with van der Waals surface area (Å²) in [4.78, 5) is 28.3. The van der Waals surface area contributed by atoms with Gasteiger partial charge in [0, 0.05) is 39.2 Å². The monoisotopic (exact) mass is 394 g/mol. The molecule has 8 nitrogen and oxygen atoms in total. The van der Waals surface area contributed by atoms with Crippen molar-refractivity contribution in [2.45, 2.75) is 6.92 Å². The summed E-state index contributed by atoms with van der Waals surface area (Å²) in [6.45, 7) is 3.59. The number of ether oxygens (including phenoxy) is 1. The molecule has 0 N–H and O–H groups in total. The van der Waals surface area contributed by atoms with Crippen LogP contribution in [0.1, 0.15) is 17.4 Å². The first-order valence-corrected chi connectivity index (χ1v) is 9.40. The third kappa shape index (κ3) is 3.73. The summed E-state index contributed by atoms with van der Waals surface area (Å²) < 4.78 is 12.3. The highest BCUT2D eigenvalue weighted by Gasteiger charge is 2.27. The van der Waals surface area contributed by atoms with Crippen molar-refractivity contribution < 1.29 is 18.7 Å². The number of methoxy groups -OCH3 is 1. The van der Waals surface area contributed by atoms with Crippen molar-refractivity contribution >= 4 is 11.8 Å². The van der Waals surface area contributed by atoms with Crippen LogP contribution >= 0.6 is 0 Å². The van der Waals surface area contributed by atoms with Gasteiger partial charge in [-0.1, -0.05) is 0 Å². The number of hydrogen-bond donors (Lipinski definition) is 0. The fourth-order valence-electron chi connectivity index (χ4n) is 3.38. The highest BCUT2D eigenvalue weighted by molar-refractivity contribution is 5.94. The molecule has 1 aliphatic heterocycles. The number of carbonyl (C=O) groups is 2. The van der Waals surface area contributed by atoms with E-state index in [0.717, 1.165) is 11.4 Å². The number of hydrogen-bond acceptors (Lipinski definition) is 5. The van der Waals surface area contributed by atoms with E-state index in [9.17, 15) is 9.59 Å². The Labute approximate surface area is 168 Å². The zero-order valence-electron chi connectivity index (χ0n) is 16.4. The molecule has 0 aliphatic carbocycles. The molecule has 3 aromatic rings. The van der Waals surface area contributed by atoms with Gasteiger partial charge in [-0.2, -0.15) is 5.10 Å². The summed E-state index contributed by atoms with van der Waals surface area (Å²) in [6, 6.07) is 12.7. The molecule has 1 aliphatic rings. The summed E-state index contributed by atoms with van der Waals surface area (Å²) in [6.07, 6.45) is 1.57. The zero-order valence-corrected chi connectivity index (χ0v) is 16.4. The van der Waals surface area contributed by atoms with Crippen molar-refractivity contribution in [3.05, 3.63) is 54.4 Å². The predicted octanol–water partition coefficient (Wildman–Crippen LogP) is 2.45. The van der Waals surface area contributed by atoms with Crippen LogP contribution in [0.15, 0.2) is 53.1 Å². The first-order chi connectivity index (χ1) is 14.1. The van der Waals surface area contributed by atoms with Crippen LogP contribution in [0.25, 0.3) is 17.1 Å². The first kappa shape index (κ1) is 18.8. The van der Waals surface area contributed by atoms with E-state index in [4.69, 9.17) is 9.15 Å². The standard InChI is InChI=1S/C21H22N4O4/c1-15(26)23-9-11-24(12-10-23)21(27)19-14-18(20-4-3-13-29-20)22-25(19)16-5-7-17(28-2)8-6-16/h3-8,13-14H,9-12H2,1-2H3. The van der Waals surface area contributed by atoms with Crippen molar-refractivity contribution in [2.75, 3.05) is 33.3 Å². The molecular weight excluding hydrogens is 372 g/mol. The first-order valence-electron chi connectivity index (χ1n) is 9.40. The van der Waals surface area contributed by atoms with Gasteiger partial charge in [-0.3, -0.25) is 9.59 Å². The van der Waals surface area contributed by atoms with Gasteiger partial charge in [-0.15, -0.1) is 0 Å². The molecule has 2 aromatic heterocycles. The van der Waals surface area contributed by atoms with Gasteiger partial charge < -0.3 is 19.0 Å². The van der Waals surface area contributed by atoms with Gasteiger partial charge in [0.05, 0.1) is 19.1 Å². The Hall–Kier alpha value is -3.55. The Morgan fingerprint density at radius 1 is 1.03 bits per heavy atom. The summed E-state index contributed by atoms with van der Waals surface area (Å²) >= 11 is 0. The molecule has 0 spiro atoms. The largest absolute Gasteiger partial charge is 0.497 e. The molecule has 2 amide bonds. The fraction of sp³-hybridized carbons (Fsp3) is 0.286.